The number of amides is 1. The Labute approximate surface area is 170 Å². The standard InChI is InChI=1S/C23H15FN2O2S/c24-18-14-8-7-13-17(18)22(28)26-23-25-19(15-9-3-1-4-10-15)21(29-23)20(27)16-11-5-2-6-12-16/h1-14H,(H,25,26,28). The van der Waals surface area contributed by atoms with Crippen molar-refractivity contribution in [3.05, 3.63) is 107 Å². The number of benzene rings is 3. The van der Waals surface area contributed by atoms with E-state index in [1.165, 1.54) is 18.2 Å². The maximum atomic E-state index is 13.9. The number of nitrogens with zero attached hydrogens (tertiary/aromatic N) is 1. The first-order chi connectivity index (χ1) is 14.1. The molecule has 0 unspecified atom stereocenters. The molecular weight excluding hydrogens is 387 g/mol. The van der Waals surface area contributed by atoms with Crippen LogP contribution in [0.1, 0.15) is 25.6 Å². The Hall–Kier alpha value is -3.64. The molecule has 4 nitrogen and oxygen atoms in total. The van der Waals surface area contributed by atoms with Gasteiger partial charge >= 0.3 is 0 Å². The smallest absolute Gasteiger partial charge is 0.260 e. The van der Waals surface area contributed by atoms with Crippen molar-refractivity contribution in [1.82, 2.24) is 4.98 Å². The molecule has 0 saturated heterocycles. The molecule has 0 aliphatic rings. The molecule has 0 spiro atoms. The Morgan fingerprint density at radius 3 is 2.14 bits per heavy atom. The molecule has 0 bridgehead atoms. The largest absolute Gasteiger partial charge is 0.298 e. The molecule has 4 aromatic rings. The highest BCUT2D eigenvalue weighted by Gasteiger charge is 2.22. The highest BCUT2D eigenvalue weighted by atomic mass is 32.1. The van der Waals surface area contributed by atoms with Crippen molar-refractivity contribution in [1.29, 1.82) is 0 Å². The molecule has 142 valence electrons. The first-order valence-corrected chi connectivity index (χ1v) is 9.67. The normalized spacial score (nSPS) is 10.5. The average molecular weight is 402 g/mol. The number of halogens is 1. The molecule has 4 rings (SSSR count). The lowest BCUT2D eigenvalue weighted by Gasteiger charge is -2.02. The fourth-order valence-corrected chi connectivity index (χ4v) is 3.79. The second kappa shape index (κ2) is 8.16. The van der Waals surface area contributed by atoms with E-state index in [2.05, 4.69) is 10.3 Å². The van der Waals surface area contributed by atoms with Crippen molar-refractivity contribution in [2.45, 2.75) is 0 Å². The van der Waals surface area contributed by atoms with Crippen LogP contribution in [0, 0.1) is 5.82 Å². The minimum Gasteiger partial charge on any atom is -0.298 e. The summed E-state index contributed by atoms with van der Waals surface area (Å²) >= 11 is 1.07. The van der Waals surface area contributed by atoms with Crippen molar-refractivity contribution in [3.8, 4) is 11.3 Å². The Morgan fingerprint density at radius 2 is 1.45 bits per heavy atom. The van der Waals surface area contributed by atoms with Crippen LogP contribution in [-0.4, -0.2) is 16.7 Å². The van der Waals surface area contributed by atoms with Gasteiger partial charge in [0.05, 0.1) is 11.3 Å². The number of nitrogens with one attached hydrogen (secondary N) is 1. The van der Waals surface area contributed by atoms with Gasteiger partial charge in [-0.05, 0) is 12.1 Å². The summed E-state index contributed by atoms with van der Waals surface area (Å²) in [6.07, 6.45) is 0. The van der Waals surface area contributed by atoms with Crippen molar-refractivity contribution in [2.75, 3.05) is 5.32 Å². The van der Waals surface area contributed by atoms with E-state index in [9.17, 15) is 14.0 Å². The van der Waals surface area contributed by atoms with Gasteiger partial charge in [-0.3, -0.25) is 14.9 Å². The lowest BCUT2D eigenvalue weighted by atomic mass is 10.1. The minimum atomic E-state index is -0.620. The fraction of sp³-hybridized carbons (Fsp3) is 0. The minimum absolute atomic E-state index is 0.0834. The number of hydrogen-bond donors (Lipinski definition) is 1. The molecule has 0 radical (unpaired) electrons. The van der Waals surface area contributed by atoms with Crippen molar-refractivity contribution < 1.29 is 14.0 Å². The topological polar surface area (TPSA) is 59.1 Å². The van der Waals surface area contributed by atoms with E-state index in [0.717, 1.165) is 16.9 Å². The number of aromatic nitrogens is 1. The molecule has 0 fully saturated rings. The van der Waals surface area contributed by atoms with Crippen molar-refractivity contribution in [2.24, 2.45) is 0 Å². The molecule has 3 aromatic carbocycles. The summed E-state index contributed by atoms with van der Waals surface area (Å²) in [5.74, 6) is -1.42. The van der Waals surface area contributed by atoms with E-state index in [1.54, 1.807) is 30.3 Å². The van der Waals surface area contributed by atoms with Gasteiger partial charge in [0.15, 0.2) is 5.13 Å². The van der Waals surface area contributed by atoms with E-state index < -0.39 is 11.7 Å². The van der Waals surface area contributed by atoms with Gasteiger partial charge in [-0.15, -0.1) is 0 Å². The van der Waals surface area contributed by atoms with Crippen LogP contribution >= 0.6 is 11.3 Å². The molecule has 0 saturated carbocycles. The van der Waals surface area contributed by atoms with Crippen molar-refractivity contribution >= 4 is 28.2 Å². The maximum Gasteiger partial charge on any atom is 0.260 e. The first-order valence-electron chi connectivity index (χ1n) is 8.85. The van der Waals surface area contributed by atoms with Crippen LogP contribution < -0.4 is 5.32 Å². The van der Waals surface area contributed by atoms with Crippen LogP contribution in [0.5, 0.6) is 0 Å². The summed E-state index contributed by atoms with van der Waals surface area (Å²) in [5.41, 5.74) is 1.68. The molecule has 1 amide bonds. The summed E-state index contributed by atoms with van der Waals surface area (Å²) in [4.78, 5) is 30.4. The van der Waals surface area contributed by atoms with Gasteiger partial charge in [-0.25, -0.2) is 9.37 Å². The lowest BCUT2D eigenvalue weighted by molar-refractivity contribution is 0.102. The quantitative estimate of drug-likeness (QED) is 0.453. The van der Waals surface area contributed by atoms with Gasteiger partial charge in [-0.1, -0.05) is 84.1 Å². The third-order valence-corrected chi connectivity index (χ3v) is 5.23. The van der Waals surface area contributed by atoms with Gasteiger partial charge in [-0.2, -0.15) is 0 Å². The monoisotopic (exact) mass is 402 g/mol. The van der Waals surface area contributed by atoms with E-state index in [1.807, 2.05) is 36.4 Å². The predicted octanol–water partition coefficient (Wildman–Crippen LogP) is 5.43. The van der Waals surface area contributed by atoms with E-state index in [4.69, 9.17) is 0 Å². The number of rotatable bonds is 5. The summed E-state index contributed by atoms with van der Waals surface area (Å²) in [5, 5.41) is 2.84. The third-order valence-electron chi connectivity index (χ3n) is 4.26. The number of carbonyl (C=O) groups excluding carboxylic acids is 2. The van der Waals surface area contributed by atoms with Gasteiger partial charge < -0.3 is 0 Å². The molecule has 1 heterocycles. The number of thiazole rings is 1. The molecule has 6 heteroatoms. The first kappa shape index (κ1) is 18.7. The van der Waals surface area contributed by atoms with Gasteiger partial charge in [0, 0.05) is 11.1 Å². The molecule has 0 atom stereocenters. The fourth-order valence-electron chi connectivity index (χ4n) is 2.85. The zero-order chi connectivity index (χ0) is 20.2. The molecule has 29 heavy (non-hydrogen) atoms. The number of ketones is 1. The molecule has 0 aliphatic carbocycles. The summed E-state index contributed by atoms with van der Waals surface area (Å²) in [7, 11) is 0. The van der Waals surface area contributed by atoms with Gasteiger partial charge in [0.25, 0.3) is 5.91 Å². The highest BCUT2D eigenvalue weighted by molar-refractivity contribution is 7.18. The Kier molecular flexibility index (Phi) is 5.27. The van der Waals surface area contributed by atoms with E-state index in [-0.39, 0.29) is 16.5 Å². The van der Waals surface area contributed by atoms with Gasteiger partial charge in [0.2, 0.25) is 5.78 Å². The molecule has 0 aliphatic heterocycles. The zero-order valence-corrected chi connectivity index (χ0v) is 15.9. The van der Waals surface area contributed by atoms with E-state index >= 15 is 0 Å². The second-order valence-corrected chi connectivity index (χ2v) is 7.19. The second-order valence-electron chi connectivity index (χ2n) is 6.19. The third kappa shape index (κ3) is 3.97. The highest BCUT2D eigenvalue weighted by Crippen LogP contribution is 2.33. The van der Waals surface area contributed by atoms with Crippen molar-refractivity contribution in [3.63, 3.8) is 0 Å². The van der Waals surface area contributed by atoms with Crippen LogP contribution in [-0.2, 0) is 0 Å². The SMILES string of the molecule is O=C(Nc1nc(-c2ccccc2)c(C(=O)c2ccccc2)s1)c1ccccc1F. The lowest BCUT2D eigenvalue weighted by Crippen LogP contribution is -2.13. The van der Waals surface area contributed by atoms with Crippen LogP contribution in [0.4, 0.5) is 9.52 Å². The van der Waals surface area contributed by atoms with Crippen LogP contribution in [0.3, 0.4) is 0 Å². The number of carbonyl (C=O) groups is 2. The molecule has 1 N–H and O–H groups in total. The number of anilines is 1. The van der Waals surface area contributed by atoms with E-state index in [0.29, 0.717) is 16.1 Å². The summed E-state index contributed by atoms with van der Waals surface area (Å²) in [6.45, 7) is 0. The van der Waals surface area contributed by atoms with Gasteiger partial charge in [0.1, 0.15) is 10.7 Å². The Bertz CT molecular complexity index is 1170. The Morgan fingerprint density at radius 1 is 0.828 bits per heavy atom. The maximum absolute atomic E-state index is 13.9. The zero-order valence-electron chi connectivity index (χ0n) is 15.1. The van der Waals surface area contributed by atoms with Crippen LogP contribution in [0.25, 0.3) is 11.3 Å². The molecule has 1 aromatic heterocycles. The van der Waals surface area contributed by atoms with Crippen LogP contribution in [0.15, 0.2) is 84.9 Å². The predicted molar refractivity (Wildman–Crippen MR) is 112 cm³/mol. The summed E-state index contributed by atoms with van der Waals surface area (Å²) in [6, 6.07) is 23.8. The summed E-state index contributed by atoms with van der Waals surface area (Å²) < 4.78 is 13.9. The molecular formula is C23H15FN2O2S. The average Bonchev–Trinajstić information content (AvgIpc) is 3.18. The van der Waals surface area contributed by atoms with Crippen LogP contribution in [0.2, 0.25) is 0 Å². The Balaban J connectivity index is 1.73. The number of hydrogen-bond acceptors (Lipinski definition) is 4.